The van der Waals surface area contributed by atoms with E-state index in [0.29, 0.717) is 17.5 Å². The molecule has 0 saturated heterocycles. The van der Waals surface area contributed by atoms with E-state index in [1.807, 2.05) is 36.7 Å². The first kappa shape index (κ1) is 33.0. The zero-order valence-corrected chi connectivity index (χ0v) is 30.3. The van der Waals surface area contributed by atoms with Gasteiger partial charge < -0.3 is 0 Å². The molecule has 0 fully saturated rings. The number of benzene rings is 7. The summed E-state index contributed by atoms with van der Waals surface area (Å²) in [6, 6.07) is 64.8. The molecule has 0 N–H and O–H groups in total. The van der Waals surface area contributed by atoms with Gasteiger partial charge in [0.15, 0.2) is 17.5 Å². The third-order valence-corrected chi connectivity index (χ3v) is 10.1. The Hall–Kier alpha value is -7.63. The average Bonchev–Trinajstić information content (AvgIpc) is 3.29. The Morgan fingerprint density at radius 2 is 0.571 bits per heavy atom. The lowest BCUT2D eigenvalue weighted by molar-refractivity contribution is 1.07. The third kappa shape index (κ3) is 6.59. The van der Waals surface area contributed by atoms with Gasteiger partial charge in [-0.25, -0.2) is 15.0 Å². The molecule has 0 spiro atoms. The van der Waals surface area contributed by atoms with Gasteiger partial charge in [-0.05, 0) is 75.5 Å². The van der Waals surface area contributed by atoms with E-state index >= 15 is 0 Å². The van der Waals surface area contributed by atoms with Gasteiger partial charge >= 0.3 is 0 Å². The molecule has 5 heteroatoms. The van der Waals surface area contributed by atoms with Gasteiger partial charge in [0, 0.05) is 51.0 Å². The molecule has 5 nitrogen and oxygen atoms in total. The maximum atomic E-state index is 5.22. The second kappa shape index (κ2) is 14.3. The number of pyridine rings is 2. The minimum Gasteiger partial charge on any atom is -0.256 e. The van der Waals surface area contributed by atoms with E-state index in [0.717, 1.165) is 83.0 Å². The molecule has 0 amide bonds. The summed E-state index contributed by atoms with van der Waals surface area (Å²) in [6.07, 6.45) is 3.87. The molecule has 0 atom stereocenters. The lowest BCUT2D eigenvalue weighted by atomic mass is 9.98. The summed E-state index contributed by atoms with van der Waals surface area (Å²) in [5.41, 5.74) is 10.7. The topological polar surface area (TPSA) is 64.5 Å². The smallest absolute Gasteiger partial charge is 0.164 e. The zero-order valence-electron chi connectivity index (χ0n) is 30.3. The quantitative estimate of drug-likeness (QED) is 0.164. The van der Waals surface area contributed by atoms with E-state index in [-0.39, 0.29) is 0 Å². The van der Waals surface area contributed by atoms with Crippen LogP contribution in [-0.2, 0) is 0 Å². The van der Waals surface area contributed by atoms with Crippen LogP contribution in [0.2, 0.25) is 0 Å². The highest BCUT2D eigenvalue weighted by Crippen LogP contribution is 2.35. The zero-order chi connectivity index (χ0) is 37.3. The van der Waals surface area contributed by atoms with E-state index < -0.39 is 0 Å². The summed E-state index contributed by atoms with van der Waals surface area (Å²) in [5.74, 6) is 1.74. The molecular formula is C51H33N5. The van der Waals surface area contributed by atoms with E-state index in [2.05, 4.69) is 164 Å². The van der Waals surface area contributed by atoms with Gasteiger partial charge in [-0.3, -0.25) is 9.97 Å². The predicted octanol–water partition coefficient (Wildman–Crippen LogP) is 12.6. The minimum absolute atomic E-state index is 0.560. The van der Waals surface area contributed by atoms with Crippen molar-refractivity contribution in [1.82, 2.24) is 24.9 Å². The van der Waals surface area contributed by atoms with Gasteiger partial charge in [0.2, 0.25) is 0 Å². The fraction of sp³-hybridized carbons (Fsp3) is 0. The number of hydrogen-bond acceptors (Lipinski definition) is 5. The molecule has 10 rings (SSSR count). The third-order valence-electron chi connectivity index (χ3n) is 10.1. The number of hydrogen-bond donors (Lipinski definition) is 0. The highest BCUT2D eigenvalue weighted by Gasteiger charge is 2.17. The van der Waals surface area contributed by atoms with Crippen molar-refractivity contribution in [3.05, 3.63) is 200 Å². The predicted molar refractivity (Wildman–Crippen MR) is 228 cm³/mol. The summed E-state index contributed by atoms with van der Waals surface area (Å²) < 4.78 is 0. The Morgan fingerprint density at radius 1 is 0.232 bits per heavy atom. The SMILES string of the molecule is c1ccc(-c2cccc(-c3nc(-c4cccc(-c5ccccc5)c4)nc(-c4cc(-c5cc6ccccc6cn5)cc(-c5cc6ccccc6cn5)c4)n3)c2)cc1. The Kier molecular flexibility index (Phi) is 8.43. The van der Waals surface area contributed by atoms with Gasteiger partial charge in [-0.2, -0.15) is 0 Å². The molecule has 0 saturated carbocycles. The first-order valence-electron chi connectivity index (χ1n) is 18.6. The molecular weight excluding hydrogens is 683 g/mol. The van der Waals surface area contributed by atoms with Crippen LogP contribution in [0.25, 0.3) is 100 Å². The van der Waals surface area contributed by atoms with Crippen LogP contribution in [0, 0.1) is 0 Å². The highest BCUT2D eigenvalue weighted by atomic mass is 15.0. The summed E-state index contributed by atoms with van der Waals surface area (Å²) in [7, 11) is 0. The summed E-state index contributed by atoms with van der Waals surface area (Å²) in [4.78, 5) is 25.5. The molecule has 10 aromatic rings. The molecule has 7 aromatic carbocycles. The van der Waals surface area contributed by atoms with Gasteiger partial charge in [-0.15, -0.1) is 0 Å². The van der Waals surface area contributed by atoms with Crippen LogP contribution in [0.15, 0.2) is 200 Å². The van der Waals surface area contributed by atoms with Crippen molar-refractivity contribution in [3.63, 3.8) is 0 Å². The fourth-order valence-corrected chi connectivity index (χ4v) is 7.24. The largest absolute Gasteiger partial charge is 0.256 e. The number of nitrogens with zero attached hydrogens (tertiary/aromatic N) is 5. The van der Waals surface area contributed by atoms with E-state index in [9.17, 15) is 0 Å². The van der Waals surface area contributed by atoms with E-state index in [1.165, 1.54) is 0 Å². The molecule has 3 heterocycles. The first-order valence-corrected chi connectivity index (χ1v) is 18.6. The van der Waals surface area contributed by atoms with E-state index in [1.54, 1.807) is 0 Å². The maximum absolute atomic E-state index is 5.22. The Labute approximate surface area is 324 Å². The van der Waals surface area contributed by atoms with Crippen LogP contribution in [0.4, 0.5) is 0 Å². The van der Waals surface area contributed by atoms with Crippen molar-refractivity contribution in [3.8, 4) is 78.9 Å². The maximum Gasteiger partial charge on any atom is 0.164 e. The Morgan fingerprint density at radius 3 is 1.04 bits per heavy atom. The Balaban J connectivity index is 1.19. The molecule has 0 radical (unpaired) electrons. The van der Waals surface area contributed by atoms with Crippen LogP contribution < -0.4 is 0 Å². The molecule has 0 aliphatic carbocycles. The van der Waals surface area contributed by atoms with Crippen LogP contribution in [0.1, 0.15) is 0 Å². The van der Waals surface area contributed by atoms with Gasteiger partial charge in [0.1, 0.15) is 0 Å². The number of fused-ring (bicyclic) bond motifs is 2. The summed E-state index contributed by atoms with van der Waals surface area (Å²) >= 11 is 0. The van der Waals surface area contributed by atoms with Gasteiger partial charge in [0.25, 0.3) is 0 Å². The van der Waals surface area contributed by atoms with Crippen molar-refractivity contribution in [2.45, 2.75) is 0 Å². The fourth-order valence-electron chi connectivity index (χ4n) is 7.24. The van der Waals surface area contributed by atoms with Gasteiger partial charge in [0.05, 0.1) is 11.4 Å². The average molecular weight is 716 g/mol. The molecule has 0 aliphatic rings. The van der Waals surface area contributed by atoms with Crippen molar-refractivity contribution >= 4 is 21.5 Å². The molecule has 0 aliphatic heterocycles. The molecule has 0 bridgehead atoms. The van der Waals surface area contributed by atoms with Gasteiger partial charge in [-0.1, -0.05) is 146 Å². The van der Waals surface area contributed by atoms with Crippen molar-refractivity contribution < 1.29 is 0 Å². The van der Waals surface area contributed by atoms with Crippen LogP contribution >= 0.6 is 0 Å². The van der Waals surface area contributed by atoms with E-state index in [4.69, 9.17) is 24.9 Å². The van der Waals surface area contributed by atoms with Crippen LogP contribution in [-0.4, -0.2) is 24.9 Å². The molecule has 0 unspecified atom stereocenters. The minimum atomic E-state index is 0.560. The second-order valence-corrected chi connectivity index (χ2v) is 13.8. The molecule has 262 valence electrons. The van der Waals surface area contributed by atoms with Crippen molar-refractivity contribution in [2.24, 2.45) is 0 Å². The number of aromatic nitrogens is 5. The molecule has 3 aromatic heterocycles. The standard InChI is InChI=1S/C51H33N5/c1-3-13-34(14-4-1)36-21-11-23-40(25-36)49-54-50(41-24-12-22-37(26-41)35-15-5-2-6-16-35)56-51(55-49)46-28-44(47-30-38-17-7-9-19-42(38)32-52-47)27-45(29-46)48-31-39-18-8-10-20-43(39)33-53-48/h1-33H. The summed E-state index contributed by atoms with van der Waals surface area (Å²) in [6.45, 7) is 0. The highest BCUT2D eigenvalue weighted by molar-refractivity contribution is 5.89. The Bertz CT molecular complexity index is 2830. The lowest BCUT2D eigenvalue weighted by Gasteiger charge is -2.13. The van der Waals surface area contributed by atoms with Crippen molar-refractivity contribution in [1.29, 1.82) is 0 Å². The monoisotopic (exact) mass is 715 g/mol. The summed E-state index contributed by atoms with van der Waals surface area (Å²) in [5, 5.41) is 4.42. The normalized spacial score (nSPS) is 11.2. The van der Waals surface area contributed by atoms with Crippen molar-refractivity contribution in [2.75, 3.05) is 0 Å². The first-order chi connectivity index (χ1) is 27.7. The van der Waals surface area contributed by atoms with Crippen LogP contribution in [0.5, 0.6) is 0 Å². The lowest BCUT2D eigenvalue weighted by Crippen LogP contribution is -2.01. The molecule has 56 heavy (non-hydrogen) atoms. The number of rotatable bonds is 7. The van der Waals surface area contributed by atoms with Crippen LogP contribution in [0.3, 0.4) is 0 Å². The second-order valence-electron chi connectivity index (χ2n) is 13.8.